The SMILES string of the molecule is CCOC(=O)c1ccc(S(=O)(=O)Nc2ccccc2NS(=O)(=O)c2cccs2)cc1.c1ccncc1. The molecule has 188 valence electrons. The molecule has 0 bridgehead atoms. The molecule has 9 nitrogen and oxygen atoms in total. The number of hydrogen-bond donors (Lipinski definition) is 2. The number of pyridine rings is 1. The van der Waals surface area contributed by atoms with Gasteiger partial charge < -0.3 is 4.74 Å². The van der Waals surface area contributed by atoms with E-state index in [9.17, 15) is 21.6 Å². The van der Waals surface area contributed by atoms with Crippen molar-refractivity contribution in [1.82, 2.24) is 4.98 Å². The van der Waals surface area contributed by atoms with E-state index in [4.69, 9.17) is 4.74 Å². The van der Waals surface area contributed by atoms with Crippen molar-refractivity contribution < 1.29 is 26.4 Å². The highest BCUT2D eigenvalue weighted by Gasteiger charge is 2.20. The van der Waals surface area contributed by atoms with Gasteiger partial charge in [0.2, 0.25) is 0 Å². The molecule has 0 unspecified atom stereocenters. The first-order chi connectivity index (χ1) is 17.2. The van der Waals surface area contributed by atoms with Crippen LogP contribution in [0.1, 0.15) is 17.3 Å². The lowest BCUT2D eigenvalue weighted by Gasteiger charge is -2.14. The van der Waals surface area contributed by atoms with Crippen LogP contribution < -0.4 is 9.44 Å². The number of carbonyl (C=O) groups excluding carboxylic acids is 1. The number of sulfonamides is 2. The number of aromatic nitrogens is 1. The third-order valence-corrected chi connectivity index (χ3v) is 8.56. The molecule has 4 rings (SSSR count). The van der Waals surface area contributed by atoms with Gasteiger partial charge in [0.1, 0.15) is 4.21 Å². The minimum Gasteiger partial charge on any atom is -0.462 e. The van der Waals surface area contributed by atoms with E-state index < -0.39 is 26.0 Å². The Morgan fingerprint density at radius 1 is 0.806 bits per heavy atom. The molecule has 36 heavy (non-hydrogen) atoms. The maximum absolute atomic E-state index is 12.8. The lowest BCUT2D eigenvalue weighted by molar-refractivity contribution is 0.0526. The first-order valence-electron chi connectivity index (χ1n) is 10.5. The number of nitrogens with zero attached hydrogens (tertiary/aromatic N) is 1. The Kier molecular flexibility index (Phi) is 9.17. The Morgan fingerprint density at radius 3 is 1.89 bits per heavy atom. The molecule has 0 fully saturated rings. The van der Waals surface area contributed by atoms with Gasteiger partial charge in [-0.2, -0.15) is 0 Å². The van der Waals surface area contributed by atoms with Gasteiger partial charge >= 0.3 is 5.97 Å². The molecule has 0 aliphatic heterocycles. The largest absolute Gasteiger partial charge is 0.462 e. The molecule has 12 heteroatoms. The van der Waals surface area contributed by atoms with Crippen molar-refractivity contribution in [2.75, 3.05) is 16.1 Å². The van der Waals surface area contributed by atoms with Crippen LogP contribution in [-0.2, 0) is 24.8 Å². The van der Waals surface area contributed by atoms with Crippen molar-refractivity contribution in [3.05, 3.63) is 102 Å². The number of ether oxygens (including phenoxy) is 1. The van der Waals surface area contributed by atoms with Crippen molar-refractivity contribution in [2.24, 2.45) is 0 Å². The average molecular weight is 546 g/mol. The predicted molar refractivity (Wildman–Crippen MR) is 139 cm³/mol. The maximum Gasteiger partial charge on any atom is 0.338 e. The fraction of sp³-hybridized carbons (Fsp3) is 0.0833. The molecular formula is C24H23N3O6S3. The third kappa shape index (κ3) is 7.38. The van der Waals surface area contributed by atoms with Crippen LogP contribution in [0.15, 0.2) is 106 Å². The molecular weight excluding hydrogens is 522 g/mol. The molecule has 0 aliphatic carbocycles. The Hall–Kier alpha value is -3.74. The van der Waals surface area contributed by atoms with Gasteiger partial charge in [-0.05, 0) is 66.9 Å². The van der Waals surface area contributed by atoms with Crippen LogP contribution in [0.25, 0.3) is 0 Å². The number of para-hydroxylation sites is 2. The van der Waals surface area contributed by atoms with Crippen LogP contribution in [-0.4, -0.2) is 34.4 Å². The van der Waals surface area contributed by atoms with Gasteiger partial charge in [0.05, 0.1) is 28.4 Å². The van der Waals surface area contributed by atoms with E-state index in [0.29, 0.717) is 0 Å². The summed E-state index contributed by atoms with van der Waals surface area (Å²) in [5.74, 6) is -0.553. The Balaban J connectivity index is 0.000000526. The highest BCUT2D eigenvalue weighted by atomic mass is 32.2. The normalized spacial score (nSPS) is 11.0. The first kappa shape index (κ1) is 26.9. The quantitative estimate of drug-likeness (QED) is 0.309. The number of hydrogen-bond acceptors (Lipinski definition) is 8. The number of esters is 1. The molecule has 0 aliphatic rings. The highest BCUT2D eigenvalue weighted by Crippen LogP contribution is 2.28. The van der Waals surface area contributed by atoms with Crippen molar-refractivity contribution in [2.45, 2.75) is 16.0 Å². The van der Waals surface area contributed by atoms with Crippen molar-refractivity contribution in [1.29, 1.82) is 0 Å². The minimum atomic E-state index is -4.03. The van der Waals surface area contributed by atoms with Crippen LogP contribution in [0.4, 0.5) is 11.4 Å². The lowest BCUT2D eigenvalue weighted by Crippen LogP contribution is -2.17. The maximum atomic E-state index is 12.8. The summed E-state index contributed by atoms with van der Waals surface area (Å²) in [5, 5.41) is 1.63. The first-order valence-corrected chi connectivity index (χ1v) is 14.4. The molecule has 0 radical (unpaired) electrons. The van der Waals surface area contributed by atoms with Crippen LogP contribution in [0, 0.1) is 0 Å². The van der Waals surface area contributed by atoms with Gasteiger partial charge in [-0.25, -0.2) is 21.6 Å². The summed E-state index contributed by atoms with van der Waals surface area (Å²) in [6, 6.07) is 20.0. The molecule has 0 atom stereocenters. The molecule has 0 amide bonds. The standard InChI is InChI=1S/C19H18N2O6S3.C5H5N/c1-2-27-19(22)14-9-11-15(12-10-14)29(23,24)20-16-6-3-4-7-17(16)21-30(25,26)18-8-5-13-28-18;1-2-4-6-5-3-1/h3-13,20-21H,2H2,1H3;1-5H. The summed E-state index contributed by atoms with van der Waals surface area (Å²) in [6.45, 7) is 1.88. The molecule has 2 N–H and O–H groups in total. The number of thiophene rings is 1. The number of nitrogens with one attached hydrogen (secondary N) is 2. The zero-order valence-electron chi connectivity index (χ0n) is 19.1. The van der Waals surface area contributed by atoms with Crippen LogP contribution >= 0.6 is 11.3 Å². The van der Waals surface area contributed by atoms with Gasteiger partial charge in [0, 0.05) is 12.4 Å². The zero-order chi connectivity index (χ0) is 26.0. The second-order valence-electron chi connectivity index (χ2n) is 6.96. The summed E-state index contributed by atoms with van der Waals surface area (Å²) in [6.07, 6.45) is 3.50. The summed E-state index contributed by atoms with van der Waals surface area (Å²) >= 11 is 1.05. The summed E-state index contributed by atoms with van der Waals surface area (Å²) < 4.78 is 60.2. The van der Waals surface area contributed by atoms with Crippen molar-refractivity contribution in [3.8, 4) is 0 Å². The van der Waals surface area contributed by atoms with E-state index in [1.54, 1.807) is 42.9 Å². The van der Waals surface area contributed by atoms with E-state index in [0.717, 1.165) is 11.3 Å². The van der Waals surface area contributed by atoms with E-state index in [-0.39, 0.29) is 32.6 Å². The number of anilines is 2. The van der Waals surface area contributed by atoms with Crippen LogP contribution in [0.3, 0.4) is 0 Å². The van der Waals surface area contributed by atoms with E-state index in [1.165, 1.54) is 42.5 Å². The Labute approximate surface area is 213 Å². The van der Waals surface area contributed by atoms with E-state index in [2.05, 4.69) is 14.4 Å². The summed E-state index contributed by atoms with van der Waals surface area (Å²) in [5.41, 5.74) is 0.365. The van der Waals surface area contributed by atoms with Crippen LogP contribution in [0.2, 0.25) is 0 Å². The lowest BCUT2D eigenvalue weighted by atomic mass is 10.2. The fourth-order valence-corrected chi connectivity index (χ4v) is 5.93. The molecule has 0 saturated carbocycles. The number of benzene rings is 2. The number of rotatable bonds is 8. The molecule has 2 heterocycles. The number of carbonyl (C=O) groups is 1. The zero-order valence-corrected chi connectivity index (χ0v) is 21.5. The van der Waals surface area contributed by atoms with Gasteiger partial charge in [-0.3, -0.25) is 14.4 Å². The third-order valence-electron chi connectivity index (χ3n) is 4.42. The van der Waals surface area contributed by atoms with E-state index in [1.807, 2.05) is 18.2 Å². The average Bonchev–Trinajstić information content (AvgIpc) is 3.43. The second kappa shape index (κ2) is 12.3. The van der Waals surface area contributed by atoms with E-state index >= 15 is 0 Å². The molecule has 0 spiro atoms. The van der Waals surface area contributed by atoms with Crippen molar-refractivity contribution >= 4 is 48.7 Å². The second-order valence-corrected chi connectivity index (χ2v) is 11.5. The summed E-state index contributed by atoms with van der Waals surface area (Å²) in [7, 11) is -7.89. The molecule has 4 aromatic rings. The Bertz CT molecular complexity index is 1450. The minimum absolute atomic E-state index is 0.0621. The monoisotopic (exact) mass is 545 g/mol. The highest BCUT2D eigenvalue weighted by molar-refractivity contribution is 7.94. The van der Waals surface area contributed by atoms with Gasteiger partial charge in [-0.1, -0.05) is 24.3 Å². The van der Waals surface area contributed by atoms with Gasteiger partial charge in [-0.15, -0.1) is 11.3 Å². The Morgan fingerprint density at radius 2 is 1.42 bits per heavy atom. The predicted octanol–water partition coefficient (Wildman–Crippen LogP) is 4.61. The fourth-order valence-electron chi connectivity index (χ4n) is 2.77. The molecule has 2 aromatic carbocycles. The van der Waals surface area contributed by atoms with Crippen molar-refractivity contribution in [3.63, 3.8) is 0 Å². The van der Waals surface area contributed by atoms with Crippen LogP contribution in [0.5, 0.6) is 0 Å². The van der Waals surface area contributed by atoms with Gasteiger partial charge in [0.15, 0.2) is 0 Å². The van der Waals surface area contributed by atoms with Gasteiger partial charge in [0.25, 0.3) is 20.0 Å². The molecule has 0 saturated heterocycles. The summed E-state index contributed by atoms with van der Waals surface area (Å²) in [4.78, 5) is 15.4. The molecule has 2 aromatic heterocycles. The smallest absolute Gasteiger partial charge is 0.338 e. The topological polar surface area (TPSA) is 132 Å².